The first-order valence-electron chi connectivity index (χ1n) is 13.4. The van der Waals surface area contributed by atoms with Crippen LogP contribution in [0.15, 0.2) is 42.5 Å². The van der Waals surface area contributed by atoms with E-state index < -0.39 is 6.04 Å². The number of hydrogen-bond donors (Lipinski definition) is 1. The molecule has 0 radical (unpaired) electrons. The molecule has 0 spiro atoms. The van der Waals surface area contributed by atoms with Gasteiger partial charge in [-0.3, -0.25) is 9.59 Å². The van der Waals surface area contributed by atoms with Gasteiger partial charge in [0, 0.05) is 19.0 Å². The maximum Gasteiger partial charge on any atom is 0.242 e. The van der Waals surface area contributed by atoms with E-state index in [1.165, 1.54) is 12.0 Å². The van der Waals surface area contributed by atoms with Crippen LogP contribution in [-0.4, -0.2) is 42.0 Å². The van der Waals surface area contributed by atoms with Gasteiger partial charge in [0.2, 0.25) is 11.8 Å². The van der Waals surface area contributed by atoms with Crippen LogP contribution in [0.4, 0.5) is 0 Å². The van der Waals surface area contributed by atoms with E-state index in [9.17, 15) is 9.59 Å². The second-order valence-electron chi connectivity index (χ2n) is 9.67. The second kappa shape index (κ2) is 13.9. The van der Waals surface area contributed by atoms with Gasteiger partial charge in [0.1, 0.15) is 6.04 Å². The number of amides is 2. The van der Waals surface area contributed by atoms with Crippen molar-refractivity contribution in [1.82, 2.24) is 10.2 Å². The van der Waals surface area contributed by atoms with Crippen LogP contribution >= 0.6 is 0 Å². The van der Waals surface area contributed by atoms with Gasteiger partial charge in [-0.2, -0.15) is 0 Å². The molecule has 1 aliphatic carbocycles. The highest BCUT2D eigenvalue weighted by Gasteiger charge is 2.28. The Morgan fingerprint density at radius 3 is 2.25 bits per heavy atom. The minimum absolute atomic E-state index is 0.0336. The molecule has 3 rings (SSSR count). The smallest absolute Gasteiger partial charge is 0.242 e. The maximum absolute atomic E-state index is 13.5. The van der Waals surface area contributed by atoms with E-state index in [0.717, 1.165) is 36.8 Å². The number of benzene rings is 2. The first-order chi connectivity index (χ1) is 17.4. The summed E-state index contributed by atoms with van der Waals surface area (Å²) in [5.74, 6) is 1.31. The van der Waals surface area contributed by atoms with Gasteiger partial charge in [-0.25, -0.2) is 0 Å². The summed E-state index contributed by atoms with van der Waals surface area (Å²) in [6.07, 6.45) is 6.44. The van der Waals surface area contributed by atoms with Gasteiger partial charge in [-0.05, 0) is 70.2 Å². The van der Waals surface area contributed by atoms with Crippen molar-refractivity contribution in [3.05, 3.63) is 59.2 Å². The SMILES string of the molecule is CCOc1ccc(CCC(=O)N(Cc2ccc(C)cc2)C(C)C(=O)NC2CCCCC2)cc1OCC. The largest absolute Gasteiger partial charge is 0.490 e. The summed E-state index contributed by atoms with van der Waals surface area (Å²) < 4.78 is 11.4. The first kappa shape index (κ1) is 27.6. The van der Waals surface area contributed by atoms with Crippen LogP contribution in [0.1, 0.15) is 76.0 Å². The van der Waals surface area contributed by atoms with E-state index in [1.54, 1.807) is 4.90 Å². The number of aryl methyl sites for hydroxylation is 2. The van der Waals surface area contributed by atoms with Crippen LogP contribution in [0.5, 0.6) is 11.5 Å². The maximum atomic E-state index is 13.5. The van der Waals surface area contributed by atoms with Crippen LogP contribution < -0.4 is 14.8 Å². The zero-order valence-electron chi connectivity index (χ0n) is 22.3. The number of ether oxygens (including phenoxy) is 2. The summed E-state index contributed by atoms with van der Waals surface area (Å²) in [6, 6.07) is 13.6. The minimum Gasteiger partial charge on any atom is -0.490 e. The molecular formula is C30H42N2O4. The molecule has 2 aromatic rings. The normalized spacial score (nSPS) is 14.7. The van der Waals surface area contributed by atoms with E-state index in [1.807, 2.05) is 70.2 Å². The van der Waals surface area contributed by atoms with Crippen LogP contribution in [0.3, 0.4) is 0 Å². The zero-order chi connectivity index (χ0) is 25.9. The summed E-state index contributed by atoms with van der Waals surface area (Å²) in [6.45, 7) is 9.28. The van der Waals surface area contributed by atoms with Crippen molar-refractivity contribution in [2.75, 3.05) is 13.2 Å². The predicted molar refractivity (Wildman–Crippen MR) is 143 cm³/mol. The van der Waals surface area contributed by atoms with Gasteiger partial charge in [-0.15, -0.1) is 0 Å². The topological polar surface area (TPSA) is 67.9 Å². The lowest BCUT2D eigenvalue weighted by atomic mass is 9.95. The Kier molecular flexibility index (Phi) is 10.6. The first-order valence-corrected chi connectivity index (χ1v) is 13.4. The quantitative estimate of drug-likeness (QED) is 0.418. The molecule has 0 aromatic heterocycles. The van der Waals surface area contributed by atoms with Crippen LogP contribution in [0.25, 0.3) is 0 Å². The number of nitrogens with one attached hydrogen (secondary N) is 1. The Morgan fingerprint density at radius 1 is 0.944 bits per heavy atom. The molecule has 0 saturated heterocycles. The summed E-state index contributed by atoms with van der Waals surface area (Å²) in [4.78, 5) is 28.4. The van der Waals surface area contributed by atoms with E-state index in [2.05, 4.69) is 5.32 Å². The van der Waals surface area contributed by atoms with E-state index >= 15 is 0 Å². The Hall–Kier alpha value is -3.02. The van der Waals surface area contributed by atoms with Gasteiger partial charge < -0.3 is 19.7 Å². The Labute approximate surface area is 216 Å². The molecule has 1 aliphatic rings. The fraction of sp³-hybridized carbons (Fsp3) is 0.533. The summed E-state index contributed by atoms with van der Waals surface area (Å²) in [5.41, 5.74) is 3.19. The predicted octanol–water partition coefficient (Wildman–Crippen LogP) is 5.59. The number of nitrogens with zero attached hydrogens (tertiary/aromatic N) is 1. The van der Waals surface area contributed by atoms with Crippen LogP contribution in [0.2, 0.25) is 0 Å². The van der Waals surface area contributed by atoms with Gasteiger partial charge in [0.05, 0.1) is 13.2 Å². The molecule has 1 saturated carbocycles. The van der Waals surface area contributed by atoms with Crippen molar-refractivity contribution < 1.29 is 19.1 Å². The minimum atomic E-state index is -0.542. The molecule has 0 aliphatic heterocycles. The van der Waals surface area contributed by atoms with Crippen molar-refractivity contribution in [3.8, 4) is 11.5 Å². The lowest BCUT2D eigenvalue weighted by molar-refractivity contribution is -0.141. The lowest BCUT2D eigenvalue weighted by Crippen LogP contribution is -2.50. The molecular weight excluding hydrogens is 452 g/mol. The highest BCUT2D eigenvalue weighted by molar-refractivity contribution is 5.87. The molecule has 6 heteroatoms. The number of carbonyl (C=O) groups excluding carboxylic acids is 2. The molecule has 1 atom stereocenters. The third kappa shape index (κ3) is 8.00. The Balaban J connectivity index is 1.71. The molecule has 0 bridgehead atoms. The molecule has 196 valence electrons. The Morgan fingerprint density at radius 2 is 1.58 bits per heavy atom. The van der Waals surface area contributed by atoms with Gasteiger partial charge in [-0.1, -0.05) is 55.2 Å². The van der Waals surface area contributed by atoms with Gasteiger partial charge in [0.25, 0.3) is 0 Å². The van der Waals surface area contributed by atoms with E-state index in [-0.39, 0.29) is 17.9 Å². The van der Waals surface area contributed by atoms with E-state index in [0.29, 0.717) is 44.1 Å². The monoisotopic (exact) mass is 494 g/mol. The summed E-state index contributed by atoms with van der Waals surface area (Å²) >= 11 is 0. The van der Waals surface area contributed by atoms with Crippen LogP contribution in [0, 0.1) is 6.92 Å². The Bertz CT molecular complexity index is 983. The van der Waals surface area contributed by atoms with Crippen LogP contribution in [-0.2, 0) is 22.6 Å². The van der Waals surface area contributed by atoms with E-state index in [4.69, 9.17) is 9.47 Å². The molecule has 1 N–H and O–H groups in total. The highest BCUT2D eigenvalue weighted by Crippen LogP contribution is 2.29. The average Bonchev–Trinajstić information content (AvgIpc) is 2.88. The van der Waals surface area contributed by atoms with Crippen molar-refractivity contribution in [2.45, 2.75) is 91.3 Å². The fourth-order valence-electron chi connectivity index (χ4n) is 4.69. The summed E-state index contributed by atoms with van der Waals surface area (Å²) in [7, 11) is 0. The lowest BCUT2D eigenvalue weighted by Gasteiger charge is -2.31. The highest BCUT2D eigenvalue weighted by atomic mass is 16.5. The third-order valence-electron chi connectivity index (χ3n) is 6.83. The van der Waals surface area contributed by atoms with Gasteiger partial charge in [0.15, 0.2) is 11.5 Å². The number of rotatable bonds is 12. The number of hydrogen-bond acceptors (Lipinski definition) is 4. The van der Waals surface area contributed by atoms with Crippen molar-refractivity contribution in [1.29, 1.82) is 0 Å². The number of carbonyl (C=O) groups is 2. The standard InChI is InChI=1S/C30H42N2O4/c1-5-35-27-18-16-24(20-28(27)36-6-2)17-19-29(33)32(21-25-14-12-22(3)13-15-25)23(4)30(34)31-26-10-8-7-9-11-26/h12-16,18,20,23,26H,5-11,17,19,21H2,1-4H3,(H,31,34). The van der Waals surface area contributed by atoms with Crippen molar-refractivity contribution in [3.63, 3.8) is 0 Å². The molecule has 0 heterocycles. The molecule has 1 fully saturated rings. The molecule has 1 unspecified atom stereocenters. The molecule has 36 heavy (non-hydrogen) atoms. The molecule has 2 amide bonds. The second-order valence-corrected chi connectivity index (χ2v) is 9.67. The van der Waals surface area contributed by atoms with Crippen molar-refractivity contribution >= 4 is 11.8 Å². The molecule has 2 aromatic carbocycles. The zero-order valence-corrected chi connectivity index (χ0v) is 22.3. The fourth-order valence-corrected chi connectivity index (χ4v) is 4.69. The molecule has 6 nitrogen and oxygen atoms in total. The van der Waals surface area contributed by atoms with Crippen molar-refractivity contribution in [2.24, 2.45) is 0 Å². The van der Waals surface area contributed by atoms with Gasteiger partial charge >= 0.3 is 0 Å². The summed E-state index contributed by atoms with van der Waals surface area (Å²) in [5, 5.41) is 3.20. The third-order valence-corrected chi connectivity index (χ3v) is 6.83. The average molecular weight is 495 g/mol.